The number of carbonyl (C=O) groups is 1. The zero-order chi connectivity index (χ0) is 14.0. The SMILES string of the molecule is CC(C)(C)c1cccc(-c2cccc(C(=O)O)c2)c1. The molecule has 0 aromatic heterocycles. The van der Waals surface area contributed by atoms with Crippen molar-refractivity contribution in [1.29, 1.82) is 0 Å². The lowest BCUT2D eigenvalue weighted by Gasteiger charge is -2.19. The first-order chi connectivity index (χ1) is 8.88. The van der Waals surface area contributed by atoms with Gasteiger partial charge in [0, 0.05) is 0 Å². The van der Waals surface area contributed by atoms with Crippen molar-refractivity contribution in [3.05, 3.63) is 59.7 Å². The Hall–Kier alpha value is -2.09. The Morgan fingerprint density at radius 2 is 1.53 bits per heavy atom. The molecule has 0 spiro atoms. The standard InChI is InChI=1S/C17H18O2/c1-17(2,3)15-9-5-7-13(11-15)12-6-4-8-14(10-12)16(18)19/h4-11H,1-3H3,(H,18,19). The van der Waals surface area contributed by atoms with Crippen LogP contribution in [0.25, 0.3) is 11.1 Å². The van der Waals surface area contributed by atoms with E-state index in [1.807, 2.05) is 18.2 Å². The molecule has 2 heteroatoms. The molecular weight excluding hydrogens is 236 g/mol. The van der Waals surface area contributed by atoms with E-state index in [2.05, 4.69) is 32.9 Å². The van der Waals surface area contributed by atoms with Gasteiger partial charge in [-0.2, -0.15) is 0 Å². The highest BCUT2D eigenvalue weighted by molar-refractivity contribution is 5.89. The summed E-state index contributed by atoms with van der Waals surface area (Å²) in [7, 11) is 0. The predicted molar refractivity (Wildman–Crippen MR) is 77.5 cm³/mol. The van der Waals surface area contributed by atoms with Gasteiger partial charge in [0.1, 0.15) is 0 Å². The highest BCUT2D eigenvalue weighted by Gasteiger charge is 2.14. The fourth-order valence-electron chi connectivity index (χ4n) is 2.00. The summed E-state index contributed by atoms with van der Waals surface area (Å²) in [4.78, 5) is 11.0. The van der Waals surface area contributed by atoms with Crippen molar-refractivity contribution in [2.75, 3.05) is 0 Å². The molecule has 0 aliphatic carbocycles. The molecule has 0 amide bonds. The number of hydrogen-bond donors (Lipinski definition) is 1. The van der Waals surface area contributed by atoms with Gasteiger partial charge in [0.05, 0.1) is 5.56 Å². The van der Waals surface area contributed by atoms with Crippen LogP contribution < -0.4 is 0 Å². The van der Waals surface area contributed by atoms with Gasteiger partial charge in [-0.15, -0.1) is 0 Å². The maximum atomic E-state index is 11.0. The van der Waals surface area contributed by atoms with Gasteiger partial charge in [-0.25, -0.2) is 4.79 Å². The minimum atomic E-state index is -0.895. The monoisotopic (exact) mass is 254 g/mol. The van der Waals surface area contributed by atoms with Crippen LogP contribution in [-0.2, 0) is 5.41 Å². The molecule has 19 heavy (non-hydrogen) atoms. The molecule has 0 unspecified atom stereocenters. The molecule has 2 aromatic rings. The summed E-state index contributed by atoms with van der Waals surface area (Å²) in [6, 6.07) is 15.3. The number of carboxylic acids is 1. The van der Waals surface area contributed by atoms with Crippen LogP contribution in [0.4, 0.5) is 0 Å². The Morgan fingerprint density at radius 1 is 0.947 bits per heavy atom. The first-order valence-corrected chi connectivity index (χ1v) is 6.32. The van der Waals surface area contributed by atoms with Crippen LogP contribution in [0.15, 0.2) is 48.5 Å². The van der Waals surface area contributed by atoms with E-state index in [0.29, 0.717) is 5.56 Å². The molecule has 0 bridgehead atoms. The van der Waals surface area contributed by atoms with Crippen LogP contribution >= 0.6 is 0 Å². The van der Waals surface area contributed by atoms with E-state index in [4.69, 9.17) is 5.11 Å². The lowest BCUT2D eigenvalue weighted by atomic mass is 9.85. The van der Waals surface area contributed by atoms with Crippen molar-refractivity contribution in [2.45, 2.75) is 26.2 Å². The summed E-state index contributed by atoms with van der Waals surface area (Å²) in [5.74, 6) is -0.895. The lowest BCUT2D eigenvalue weighted by molar-refractivity contribution is 0.0697. The van der Waals surface area contributed by atoms with Crippen LogP contribution in [0.3, 0.4) is 0 Å². The van der Waals surface area contributed by atoms with Crippen LogP contribution in [0.5, 0.6) is 0 Å². The fourth-order valence-corrected chi connectivity index (χ4v) is 2.00. The average molecular weight is 254 g/mol. The van der Waals surface area contributed by atoms with E-state index in [1.54, 1.807) is 18.2 Å². The van der Waals surface area contributed by atoms with Crippen LogP contribution in [-0.4, -0.2) is 11.1 Å². The minimum absolute atomic E-state index is 0.0837. The normalized spacial score (nSPS) is 11.3. The summed E-state index contributed by atoms with van der Waals surface area (Å²) in [6.07, 6.45) is 0. The fraction of sp³-hybridized carbons (Fsp3) is 0.235. The Bertz CT molecular complexity index is 607. The third-order valence-electron chi connectivity index (χ3n) is 3.17. The molecule has 98 valence electrons. The second-order valence-electron chi connectivity index (χ2n) is 5.72. The van der Waals surface area contributed by atoms with E-state index in [-0.39, 0.29) is 5.41 Å². The topological polar surface area (TPSA) is 37.3 Å². The number of benzene rings is 2. The molecule has 0 saturated carbocycles. The van der Waals surface area contributed by atoms with Gasteiger partial charge in [-0.05, 0) is 34.2 Å². The second-order valence-corrected chi connectivity index (χ2v) is 5.72. The largest absolute Gasteiger partial charge is 0.478 e. The van der Waals surface area contributed by atoms with Crippen molar-refractivity contribution in [2.24, 2.45) is 0 Å². The average Bonchev–Trinajstić information content (AvgIpc) is 2.38. The molecule has 0 radical (unpaired) electrons. The van der Waals surface area contributed by atoms with Crippen molar-refractivity contribution in [1.82, 2.24) is 0 Å². The molecule has 0 atom stereocenters. The van der Waals surface area contributed by atoms with Crippen molar-refractivity contribution < 1.29 is 9.90 Å². The maximum absolute atomic E-state index is 11.0. The van der Waals surface area contributed by atoms with Gasteiger partial charge in [0.25, 0.3) is 0 Å². The highest BCUT2D eigenvalue weighted by Crippen LogP contribution is 2.27. The predicted octanol–water partition coefficient (Wildman–Crippen LogP) is 4.35. The van der Waals surface area contributed by atoms with Crippen LogP contribution in [0, 0.1) is 0 Å². The van der Waals surface area contributed by atoms with Gasteiger partial charge in [-0.3, -0.25) is 0 Å². The van der Waals surface area contributed by atoms with Gasteiger partial charge in [-0.1, -0.05) is 57.2 Å². The molecule has 0 aliphatic heterocycles. The number of aromatic carboxylic acids is 1. The third kappa shape index (κ3) is 3.02. The molecular formula is C17H18O2. The van der Waals surface area contributed by atoms with Crippen LogP contribution in [0.1, 0.15) is 36.7 Å². The number of hydrogen-bond acceptors (Lipinski definition) is 1. The third-order valence-corrected chi connectivity index (χ3v) is 3.17. The van der Waals surface area contributed by atoms with Crippen molar-refractivity contribution in [3.8, 4) is 11.1 Å². The van der Waals surface area contributed by atoms with Gasteiger partial charge in [0.2, 0.25) is 0 Å². The van der Waals surface area contributed by atoms with Crippen molar-refractivity contribution in [3.63, 3.8) is 0 Å². The van der Waals surface area contributed by atoms with E-state index in [0.717, 1.165) is 11.1 Å². The van der Waals surface area contributed by atoms with Crippen LogP contribution in [0.2, 0.25) is 0 Å². The molecule has 0 heterocycles. The highest BCUT2D eigenvalue weighted by atomic mass is 16.4. The smallest absolute Gasteiger partial charge is 0.335 e. The summed E-state index contributed by atoms with van der Waals surface area (Å²) in [5.41, 5.74) is 3.63. The minimum Gasteiger partial charge on any atom is -0.478 e. The second kappa shape index (κ2) is 4.88. The molecule has 2 aromatic carbocycles. The summed E-state index contributed by atoms with van der Waals surface area (Å²) >= 11 is 0. The molecule has 1 N–H and O–H groups in total. The number of carboxylic acid groups (broad SMARTS) is 1. The summed E-state index contributed by atoms with van der Waals surface area (Å²) < 4.78 is 0. The zero-order valence-corrected chi connectivity index (χ0v) is 11.5. The van der Waals surface area contributed by atoms with E-state index in [1.165, 1.54) is 5.56 Å². The van der Waals surface area contributed by atoms with E-state index in [9.17, 15) is 4.79 Å². The lowest BCUT2D eigenvalue weighted by Crippen LogP contribution is -2.10. The van der Waals surface area contributed by atoms with Gasteiger partial charge in [0.15, 0.2) is 0 Å². The Labute approximate surface area is 113 Å². The van der Waals surface area contributed by atoms with Crippen molar-refractivity contribution >= 4 is 5.97 Å². The summed E-state index contributed by atoms with van der Waals surface area (Å²) in [6.45, 7) is 6.50. The maximum Gasteiger partial charge on any atom is 0.335 e. The quantitative estimate of drug-likeness (QED) is 0.865. The molecule has 2 nitrogen and oxygen atoms in total. The Balaban J connectivity index is 2.48. The first-order valence-electron chi connectivity index (χ1n) is 6.32. The number of rotatable bonds is 2. The molecule has 0 saturated heterocycles. The first kappa shape index (κ1) is 13.3. The van der Waals surface area contributed by atoms with Gasteiger partial charge < -0.3 is 5.11 Å². The summed E-state index contributed by atoms with van der Waals surface area (Å²) in [5, 5.41) is 9.04. The zero-order valence-electron chi connectivity index (χ0n) is 11.5. The molecule has 0 fully saturated rings. The Morgan fingerprint density at radius 3 is 2.11 bits per heavy atom. The van der Waals surface area contributed by atoms with E-state index >= 15 is 0 Å². The van der Waals surface area contributed by atoms with E-state index < -0.39 is 5.97 Å². The van der Waals surface area contributed by atoms with Gasteiger partial charge >= 0.3 is 5.97 Å². The Kier molecular flexibility index (Phi) is 3.43. The molecule has 0 aliphatic rings. The molecule has 2 rings (SSSR count).